The van der Waals surface area contributed by atoms with Gasteiger partial charge in [-0.15, -0.1) is 0 Å². The summed E-state index contributed by atoms with van der Waals surface area (Å²) in [5.74, 6) is 5.87. The predicted octanol–water partition coefficient (Wildman–Crippen LogP) is 12.9. The van der Waals surface area contributed by atoms with Crippen LogP contribution in [0.4, 0.5) is 0 Å². The van der Waals surface area contributed by atoms with Crippen molar-refractivity contribution in [2.75, 3.05) is 0 Å². The van der Waals surface area contributed by atoms with Crippen molar-refractivity contribution in [1.29, 1.82) is 0 Å². The molecule has 0 radical (unpaired) electrons. The van der Waals surface area contributed by atoms with Gasteiger partial charge in [-0.3, -0.25) is 9.59 Å². The standard InChI is InChI=1S/C48H70O4/c1-34(2)15-14-16-35(3)42-27-28-43-41-26-23-38-33-40(29-31-47(38,4)44(41)30-32-48(42,43)5)52-46(50)20-11-9-7-6-8-10-19-45(49)51-39-24-21-37(22-25-39)36-17-12-13-18-36/h12-13,17-18,21-25,34-36,40-44H,6-11,14-16,19-20,26-33H2,1-5H3/t35-,40?,41+,42-,43+,44+,47+,48-/m1/s1. The van der Waals surface area contributed by atoms with Crippen molar-refractivity contribution >= 4 is 11.9 Å². The van der Waals surface area contributed by atoms with E-state index in [1.165, 1.54) is 63.4 Å². The maximum atomic E-state index is 12.9. The van der Waals surface area contributed by atoms with E-state index in [-0.39, 0.29) is 18.0 Å². The molecule has 286 valence electrons. The second-order valence-electron chi connectivity index (χ2n) is 18.6. The summed E-state index contributed by atoms with van der Waals surface area (Å²) in [7, 11) is 0. The minimum atomic E-state index is -0.162. The fourth-order valence-corrected chi connectivity index (χ4v) is 11.8. The normalized spacial score (nSPS) is 31.5. The molecule has 5 aliphatic rings. The second-order valence-corrected chi connectivity index (χ2v) is 18.6. The van der Waals surface area contributed by atoms with Crippen molar-refractivity contribution in [3.63, 3.8) is 0 Å². The third-order valence-corrected chi connectivity index (χ3v) is 14.8. The van der Waals surface area contributed by atoms with Crippen LogP contribution in [0.15, 0.2) is 60.2 Å². The van der Waals surface area contributed by atoms with Gasteiger partial charge >= 0.3 is 11.9 Å². The van der Waals surface area contributed by atoms with Gasteiger partial charge in [0.2, 0.25) is 0 Å². The van der Waals surface area contributed by atoms with Crippen molar-refractivity contribution < 1.29 is 19.1 Å². The molecule has 0 saturated heterocycles. The molecular formula is C48H70O4. The Morgan fingerprint density at radius 2 is 1.46 bits per heavy atom. The monoisotopic (exact) mass is 711 g/mol. The minimum Gasteiger partial charge on any atom is -0.462 e. The van der Waals surface area contributed by atoms with E-state index in [9.17, 15) is 9.59 Å². The average Bonchev–Trinajstić information content (AvgIpc) is 3.78. The zero-order valence-corrected chi connectivity index (χ0v) is 33.4. The Morgan fingerprint density at radius 3 is 2.17 bits per heavy atom. The van der Waals surface area contributed by atoms with Crippen LogP contribution < -0.4 is 4.74 Å². The van der Waals surface area contributed by atoms with E-state index in [1.54, 1.807) is 5.57 Å². The van der Waals surface area contributed by atoms with Gasteiger partial charge in [0.15, 0.2) is 0 Å². The summed E-state index contributed by atoms with van der Waals surface area (Å²) in [5.41, 5.74) is 3.63. The van der Waals surface area contributed by atoms with Gasteiger partial charge in [-0.05, 0) is 122 Å². The molecular weight excluding hydrogens is 641 g/mol. The average molecular weight is 711 g/mol. The molecule has 0 heterocycles. The van der Waals surface area contributed by atoms with E-state index in [0.29, 0.717) is 35.3 Å². The van der Waals surface area contributed by atoms with E-state index in [2.05, 4.69) is 65.0 Å². The van der Waals surface area contributed by atoms with E-state index < -0.39 is 0 Å². The topological polar surface area (TPSA) is 52.6 Å². The first-order chi connectivity index (χ1) is 25.1. The summed E-state index contributed by atoms with van der Waals surface area (Å²) >= 11 is 0. The fraction of sp³-hybridized carbons (Fsp3) is 0.708. The van der Waals surface area contributed by atoms with Gasteiger partial charge in [-0.1, -0.05) is 128 Å². The van der Waals surface area contributed by atoms with E-state index in [0.717, 1.165) is 86.9 Å². The number of rotatable bonds is 17. The van der Waals surface area contributed by atoms with Crippen molar-refractivity contribution in [2.24, 2.45) is 46.3 Å². The lowest BCUT2D eigenvalue weighted by Gasteiger charge is -2.58. The molecule has 1 aromatic rings. The summed E-state index contributed by atoms with van der Waals surface area (Å²) in [5, 5.41) is 0. The first kappa shape index (κ1) is 39.1. The molecule has 3 fully saturated rings. The van der Waals surface area contributed by atoms with Gasteiger partial charge in [-0.2, -0.15) is 0 Å². The van der Waals surface area contributed by atoms with Crippen molar-refractivity contribution in [3.8, 4) is 5.75 Å². The molecule has 0 N–H and O–H groups in total. The smallest absolute Gasteiger partial charge is 0.311 e. The Hall–Kier alpha value is -2.62. The van der Waals surface area contributed by atoms with Crippen LogP contribution in [0.3, 0.4) is 0 Å². The van der Waals surface area contributed by atoms with Crippen LogP contribution in [0, 0.1) is 46.3 Å². The number of ether oxygens (including phenoxy) is 2. The van der Waals surface area contributed by atoms with Crippen LogP contribution in [0.25, 0.3) is 0 Å². The Kier molecular flexibility index (Phi) is 13.3. The Balaban J connectivity index is 0.852. The number of allylic oxidation sites excluding steroid dienone is 5. The van der Waals surface area contributed by atoms with Gasteiger partial charge in [0.1, 0.15) is 11.9 Å². The highest BCUT2D eigenvalue weighted by Gasteiger charge is 2.59. The lowest BCUT2D eigenvalue weighted by molar-refractivity contribution is -0.151. The Labute approximate surface area is 316 Å². The van der Waals surface area contributed by atoms with Gasteiger partial charge in [0.25, 0.3) is 0 Å². The molecule has 4 nitrogen and oxygen atoms in total. The summed E-state index contributed by atoms with van der Waals surface area (Å²) in [6.45, 7) is 12.6. The van der Waals surface area contributed by atoms with Crippen molar-refractivity contribution in [1.82, 2.24) is 0 Å². The van der Waals surface area contributed by atoms with Gasteiger partial charge in [-0.25, -0.2) is 0 Å². The summed E-state index contributed by atoms with van der Waals surface area (Å²) < 4.78 is 11.6. The van der Waals surface area contributed by atoms with Gasteiger partial charge < -0.3 is 9.47 Å². The van der Waals surface area contributed by atoms with Crippen LogP contribution in [0.1, 0.15) is 168 Å². The third-order valence-electron chi connectivity index (χ3n) is 14.8. The predicted molar refractivity (Wildman–Crippen MR) is 213 cm³/mol. The maximum absolute atomic E-state index is 12.9. The highest BCUT2D eigenvalue weighted by Crippen LogP contribution is 2.67. The minimum absolute atomic E-state index is 0.0113. The lowest BCUT2D eigenvalue weighted by atomic mass is 9.47. The number of carbonyl (C=O) groups excluding carboxylic acids is 2. The van der Waals surface area contributed by atoms with Crippen molar-refractivity contribution in [3.05, 3.63) is 65.8 Å². The molecule has 1 unspecified atom stereocenters. The Bertz CT molecular complexity index is 1420. The molecule has 5 aliphatic carbocycles. The lowest BCUT2D eigenvalue weighted by Crippen LogP contribution is -2.51. The molecule has 0 amide bonds. The maximum Gasteiger partial charge on any atom is 0.311 e. The van der Waals surface area contributed by atoms with Crippen LogP contribution in [-0.2, 0) is 14.3 Å². The zero-order chi connectivity index (χ0) is 36.7. The first-order valence-electron chi connectivity index (χ1n) is 21.6. The van der Waals surface area contributed by atoms with Crippen LogP contribution >= 0.6 is 0 Å². The number of hydrogen-bond donors (Lipinski definition) is 0. The SMILES string of the molecule is CC(C)CCC[C@@H](C)[C@H]1CC[C@H]2[C@@H]3CC=C4CC(OC(=O)CCCCCCCCC(=O)Oc5ccc(C6C=CC=C6)cc5)CC[C@]4(C)[C@H]3CC[C@]12C. The molecule has 4 heteroatoms. The number of unbranched alkanes of at least 4 members (excludes halogenated alkanes) is 5. The molecule has 0 aromatic heterocycles. The van der Waals surface area contributed by atoms with Crippen LogP contribution in [-0.4, -0.2) is 18.0 Å². The quantitative estimate of drug-likeness (QED) is 0.0699. The largest absolute Gasteiger partial charge is 0.462 e. The number of fused-ring (bicyclic) bond motifs is 5. The Morgan fingerprint density at radius 1 is 0.769 bits per heavy atom. The molecule has 6 rings (SSSR count). The van der Waals surface area contributed by atoms with Crippen molar-refractivity contribution in [2.45, 2.75) is 169 Å². The zero-order valence-electron chi connectivity index (χ0n) is 33.4. The summed E-state index contributed by atoms with van der Waals surface area (Å²) in [6, 6.07) is 7.83. The second kappa shape index (κ2) is 17.7. The summed E-state index contributed by atoms with van der Waals surface area (Å²) in [6.07, 6.45) is 32.3. The molecule has 8 atom stereocenters. The van der Waals surface area contributed by atoms with E-state index >= 15 is 0 Å². The fourth-order valence-electron chi connectivity index (χ4n) is 11.8. The molecule has 0 bridgehead atoms. The molecule has 1 aromatic carbocycles. The van der Waals surface area contributed by atoms with Crippen LogP contribution in [0.2, 0.25) is 0 Å². The number of benzene rings is 1. The molecule has 0 aliphatic heterocycles. The van der Waals surface area contributed by atoms with Crippen LogP contribution in [0.5, 0.6) is 5.75 Å². The first-order valence-corrected chi connectivity index (χ1v) is 21.6. The molecule has 0 spiro atoms. The molecule has 52 heavy (non-hydrogen) atoms. The van der Waals surface area contributed by atoms with Gasteiger partial charge in [0, 0.05) is 25.2 Å². The van der Waals surface area contributed by atoms with E-state index in [1.807, 2.05) is 24.3 Å². The highest BCUT2D eigenvalue weighted by atomic mass is 16.5. The third kappa shape index (κ3) is 9.18. The molecule has 3 saturated carbocycles. The summed E-state index contributed by atoms with van der Waals surface area (Å²) in [4.78, 5) is 25.2. The van der Waals surface area contributed by atoms with E-state index in [4.69, 9.17) is 9.47 Å². The number of carbonyl (C=O) groups is 2. The highest BCUT2D eigenvalue weighted by molar-refractivity contribution is 5.72. The van der Waals surface area contributed by atoms with Gasteiger partial charge in [0.05, 0.1) is 0 Å². The number of esters is 2. The number of hydrogen-bond acceptors (Lipinski definition) is 4.